The van der Waals surface area contributed by atoms with Crippen molar-refractivity contribution in [3.8, 4) is 0 Å². The van der Waals surface area contributed by atoms with Gasteiger partial charge >= 0.3 is 0 Å². The fraction of sp³-hybridized carbons (Fsp3) is 0.440. The van der Waals surface area contributed by atoms with Crippen molar-refractivity contribution in [2.45, 2.75) is 65.5 Å². The van der Waals surface area contributed by atoms with Gasteiger partial charge in [-0.25, -0.2) is 0 Å². The standard InChI is InChI=1S/C25H34N2O2/c1-5-20(3)26-25(29)21(4)27(18-17-22-9-7-6-8-10-22)24(28)16-15-23-13-11-19(2)12-14-23/h6-14,20-21H,5,15-18H2,1-4H3,(H,26,29)/t20-,21-/m1/s1. The average molecular weight is 395 g/mol. The molecule has 2 amide bonds. The van der Waals surface area contributed by atoms with E-state index in [2.05, 4.69) is 48.6 Å². The molecular weight excluding hydrogens is 360 g/mol. The lowest BCUT2D eigenvalue weighted by Gasteiger charge is -2.29. The van der Waals surface area contributed by atoms with Gasteiger partial charge in [0.15, 0.2) is 0 Å². The van der Waals surface area contributed by atoms with Crippen molar-refractivity contribution in [2.75, 3.05) is 6.54 Å². The second kappa shape index (κ2) is 11.4. The summed E-state index contributed by atoms with van der Waals surface area (Å²) >= 11 is 0. The first-order valence-corrected chi connectivity index (χ1v) is 10.6. The molecule has 0 bridgehead atoms. The minimum Gasteiger partial charge on any atom is -0.352 e. The first-order chi connectivity index (χ1) is 13.9. The molecule has 0 aromatic heterocycles. The Balaban J connectivity index is 2.05. The lowest BCUT2D eigenvalue weighted by Crippen LogP contribution is -2.50. The van der Waals surface area contributed by atoms with Crippen LogP contribution in [0.1, 0.15) is 50.3 Å². The first-order valence-electron chi connectivity index (χ1n) is 10.6. The summed E-state index contributed by atoms with van der Waals surface area (Å²) in [7, 11) is 0. The number of carbonyl (C=O) groups is 2. The van der Waals surface area contributed by atoms with Gasteiger partial charge in [0.1, 0.15) is 6.04 Å². The number of hydrogen-bond donors (Lipinski definition) is 1. The minimum atomic E-state index is -0.488. The molecule has 0 aliphatic heterocycles. The van der Waals surface area contributed by atoms with Gasteiger partial charge in [-0.1, -0.05) is 67.1 Å². The number of benzene rings is 2. The maximum absolute atomic E-state index is 13.1. The second-order valence-electron chi connectivity index (χ2n) is 7.80. The van der Waals surface area contributed by atoms with Crippen molar-refractivity contribution >= 4 is 11.8 Å². The summed E-state index contributed by atoms with van der Waals surface area (Å²) in [5, 5.41) is 3.01. The normalized spacial score (nSPS) is 12.8. The Hall–Kier alpha value is -2.62. The molecule has 4 heteroatoms. The smallest absolute Gasteiger partial charge is 0.242 e. The van der Waals surface area contributed by atoms with Gasteiger partial charge in [-0.3, -0.25) is 9.59 Å². The summed E-state index contributed by atoms with van der Waals surface area (Å²) in [5.41, 5.74) is 3.52. The number of hydrogen-bond acceptors (Lipinski definition) is 2. The SMILES string of the molecule is CC[C@@H](C)NC(=O)[C@@H](C)N(CCc1ccccc1)C(=O)CCc1ccc(C)cc1. The van der Waals surface area contributed by atoms with E-state index in [1.54, 1.807) is 4.90 Å². The van der Waals surface area contributed by atoms with Gasteiger partial charge in [-0.2, -0.15) is 0 Å². The lowest BCUT2D eigenvalue weighted by molar-refractivity contribution is -0.140. The van der Waals surface area contributed by atoms with Gasteiger partial charge in [0.2, 0.25) is 11.8 Å². The van der Waals surface area contributed by atoms with Gasteiger partial charge in [-0.05, 0) is 51.2 Å². The third kappa shape index (κ3) is 7.37. The van der Waals surface area contributed by atoms with Crippen LogP contribution in [0.3, 0.4) is 0 Å². The van der Waals surface area contributed by atoms with Crippen LogP contribution < -0.4 is 5.32 Å². The molecular formula is C25H34N2O2. The predicted octanol–water partition coefficient (Wildman–Crippen LogP) is 4.30. The van der Waals surface area contributed by atoms with E-state index in [-0.39, 0.29) is 17.9 Å². The highest BCUT2D eigenvalue weighted by Gasteiger charge is 2.26. The van der Waals surface area contributed by atoms with E-state index in [4.69, 9.17) is 0 Å². The Morgan fingerprint density at radius 1 is 0.931 bits per heavy atom. The van der Waals surface area contributed by atoms with Crippen molar-refractivity contribution in [3.63, 3.8) is 0 Å². The fourth-order valence-electron chi connectivity index (χ4n) is 3.19. The molecule has 2 rings (SSSR count). The summed E-state index contributed by atoms with van der Waals surface area (Å²) in [6, 6.07) is 18.0. The van der Waals surface area contributed by atoms with Crippen LogP contribution in [0.2, 0.25) is 0 Å². The Kier molecular flexibility index (Phi) is 8.91. The lowest BCUT2D eigenvalue weighted by atomic mass is 10.1. The highest BCUT2D eigenvalue weighted by atomic mass is 16.2. The van der Waals surface area contributed by atoms with E-state index in [0.717, 1.165) is 18.4 Å². The summed E-state index contributed by atoms with van der Waals surface area (Å²) in [4.78, 5) is 27.5. The van der Waals surface area contributed by atoms with E-state index in [1.807, 2.05) is 39.0 Å². The Morgan fingerprint density at radius 3 is 2.17 bits per heavy atom. The van der Waals surface area contributed by atoms with Gasteiger partial charge in [-0.15, -0.1) is 0 Å². The predicted molar refractivity (Wildman–Crippen MR) is 119 cm³/mol. The second-order valence-corrected chi connectivity index (χ2v) is 7.80. The van der Waals surface area contributed by atoms with E-state index < -0.39 is 6.04 Å². The van der Waals surface area contributed by atoms with Crippen LogP contribution in [0.15, 0.2) is 54.6 Å². The Labute approximate surface area is 175 Å². The van der Waals surface area contributed by atoms with Crippen LogP contribution in [0, 0.1) is 6.92 Å². The molecule has 0 unspecified atom stereocenters. The number of carbonyl (C=O) groups excluding carboxylic acids is 2. The quantitative estimate of drug-likeness (QED) is 0.653. The van der Waals surface area contributed by atoms with E-state index in [1.165, 1.54) is 11.1 Å². The molecule has 1 N–H and O–H groups in total. The van der Waals surface area contributed by atoms with Crippen LogP contribution >= 0.6 is 0 Å². The monoisotopic (exact) mass is 394 g/mol. The first kappa shape index (κ1) is 22.7. The van der Waals surface area contributed by atoms with E-state index >= 15 is 0 Å². The molecule has 0 radical (unpaired) electrons. The minimum absolute atomic E-state index is 0.0216. The van der Waals surface area contributed by atoms with Crippen molar-refractivity contribution in [1.82, 2.24) is 10.2 Å². The molecule has 0 saturated heterocycles. The summed E-state index contributed by atoms with van der Waals surface area (Å²) in [6.07, 6.45) is 2.68. The number of rotatable bonds is 10. The molecule has 29 heavy (non-hydrogen) atoms. The molecule has 2 atom stereocenters. The van der Waals surface area contributed by atoms with Crippen LogP contribution in [-0.2, 0) is 22.4 Å². The molecule has 156 valence electrons. The fourth-order valence-corrected chi connectivity index (χ4v) is 3.19. The third-order valence-corrected chi connectivity index (χ3v) is 5.40. The molecule has 0 aliphatic carbocycles. The molecule has 4 nitrogen and oxygen atoms in total. The third-order valence-electron chi connectivity index (χ3n) is 5.40. The highest BCUT2D eigenvalue weighted by molar-refractivity contribution is 5.87. The summed E-state index contributed by atoms with van der Waals surface area (Å²) in [5.74, 6) is -0.0654. The van der Waals surface area contributed by atoms with E-state index in [0.29, 0.717) is 19.4 Å². The number of nitrogens with zero attached hydrogens (tertiary/aromatic N) is 1. The summed E-state index contributed by atoms with van der Waals surface area (Å²) < 4.78 is 0. The van der Waals surface area contributed by atoms with Crippen molar-refractivity contribution in [2.24, 2.45) is 0 Å². The van der Waals surface area contributed by atoms with Crippen LogP contribution in [0.5, 0.6) is 0 Å². The van der Waals surface area contributed by atoms with Crippen LogP contribution in [0.4, 0.5) is 0 Å². The topological polar surface area (TPSA) is 49.4 Å². The molecule has 0 saturated carbocycles. The van der Waals surface area contributed by atoms with E-state index in [9.17, 15) is 9.59 Å². The van der Waals surface area contributed by atoms with Gasteiger partial charge < -0.3 is 10.2 Å². The average Bonchev–Trinajstić information content (AvgIpc) is 2.73. The van der Waals surface area contributed by atoms with Crippen molar-refractivity contribution in [1.29, 1.82) is 0 Å². The van der Waals surface area contributed by atoms with Gasteiger partial charge in [0, 0.05) is 19.0 Å². The largest absolute Gasteiger partial charge is 0.352 e. The number of nitrogens with one attached hydrogen (secondary N) is 1. The molecule has 0 aliphatic rings. The zero-order chi connectivity index (χ0) is 21.2. The molecule has 0 heterocycles. The molecule has 2 aromatic carbocycles. The van der Waals surface area contributed by atoms with Gasteiger partial charge in [0.25, 0.3) is 0 Å². The number of aryl methyl sites for hydroxylation is 2. The van der Waals surface area contributed by atoms with Crippen LogP contribution in [0.25, 0.3) is 0 Å². The Morgan fingerprint density at radius 2 is 1.55 bits per heavy atom. The number of amides is 2. The molecule has 0 fully saturated rings. The maximum atomic E-state index is 13.1. The summed E-state index contributed by atoms with van der Waals surface area (Å²) in [6.45, 7) is 8.43. The van der Waals surface area contributed by atoms with Crippen LogP contribution in [-0.4, -0.2) is 35.3 Å². The maximum Gasteiger partial charge on any atom is 0.242 e. The molecule has 0 spiro atoms. The van der Waals surface area contributed by atoms with Gasteiger partial charge in [0.05, 0.1) is 0 Å². The Bertz CT molecular complexity index is 771. The van der Waals surface area contributed by atoms with Crippen molar-refractivity contribution < 1.29 is 9.59 Å². The molecule has 2 aromatic rings. The zero-order valence-corrected chi connectivity index (χ0v) is 18.2. The highest BCUT2D eigenvalue weighted by Crippen LogP contribution is 2.11. The zero-order valence-electron chi connectivity index (χ0n) is 18.2. The van der Waals surface area contributed by atoms with Crippen molar-refractivity contribution in [3.05, 3.63) is 71.3 Å².